The molecule has 1 aliphatic heterocycles. The number of rotatable bonds is 2. The molecule has 3 rings (SSSR count). The van der Waals surface area contributed by atoms with E-state index in [0.717, 1.165) is 29.5 Å². The summed E-state index contributed by atoms with van der Waals surface area (Å²) in [5, 5.41) is 0. The van der Waals surface area contributed by atoms with Gasteiger partial charge >= 0.3 is 0 Å². The Kier molecular flexibility index (Phi) is 3.93. The molecule has 2 nitrogen and oxygen atoms in total. The van der Waals surface area contributed by atoms with E-state index in [1.807, 2.05) is 60.7 Å². The number of allylic oxidation sites excluding steroid dienone is 1. The molecule has 0 unspecified atom stereocenters. The number of sulfone groups is 1. The van der Waals surface area contributed by atoms with Gasteiger partial charge in [-0.15, -0.1) is 0 Å². The largest absolute Gasteiger partial charge is 0.224 e. The van der Waals surface area contributed by atoms with Gasteiger partial charge in [0.2, 0.25) is 0 Å². The molecule has 0 aliphatic carbocycles. The van der Waals surface area contributed by atoms with Crippen molar-refractivity contribution in [2.24, 2.45) is 0 Å². The predicted molar refractivity (Wildman–Crippen MR) is 86.5 cm³/mol. The second kappa shape index (κ2) is 5.86. The fourth-order valence-electron chi connectivity index (χ4n) is 2.84. The van der Waals surface area contributed by atoms with Crippen LogP contribution in [0, 0.1) is 0 Å². The Labute approximate surface area is 126 Å². The molecule has 0 N–H and O–H groups in total. The molecular weight excluding hydrogens is 280 g/mol. The third kappa shape index (κ3) is 2.93. The average Bonchev–Trinajstić information content (AvgIpc) is 2.51. The average molecular weight is 298 g/mol. The van der Waals surface area contributed by atoms with Gasteiger partial charge in [0, 0.05) is 5.57 Å². The quantitative estimate of drug-likeness (QED) is 0.838. The van der Waals surface area contributed by atoms with Crippen molar-refractivity contribution < 1.29 is 8.42 Å². The van der Waals surface area contributed by atoms with Crippen LogP contribution >= 0.6 is 0 Å². The van der Waals surface area contributed by atoms with E-state index in [0.29, 0.717) is 11.3 Å². The summed E-state index contributed by atoms with van der Waals surface area (Å²) in [6.07, 6.45) is 2.35. The van der Waals surface area contributed by atoms with Crippen LogP contribution < -0.4 is 0 Å². The summed E-state index contributed by atoms with van der Waals surface area (Å²) in [4.78, 5) is 0.603. The molecule has 0 spiro atoms. The summed E-state index contributed by atoms with van der Waals surface area (Å²) in [6, 6.07) is 19.7. The molecule has 21 heavy (non-hydrogen) atoms. The van der Waals surface area contributed by atoms with Gasteiger partial charge in [-0.2, -0.15) is 0 Å². The Balaban J connectivity index is 2.27. The fourth-order valence-corrected chi connectivity index (χ4v) is 4.67. The van der Waals surface area contributed by atoms with Crippen LogP contribution in [0.1, 0.15) is 30.4 Å². The van der Waals surface area contributed by atoms with Crippen LogP contribution in [0.2, 0.25) is 0 Å². The molecule has 0 amide bonds. The fraction of sp³-hybridized carbons (Fsp3) is 0.222. The summed E-state index contributed by atoms with van der Waals surface area (Å²) in [7, 11) is -3.14. The maximum atomic E-state index is 12.5. The van der Waals surface area contributed by atoms with Crippen LogP contribution in [0.15, 0.2) is 65.6 Å². The summed E-state index contributed by atoms with van der Waals surface area (Å²) in [5.74, 6) is 0.269. The van der Waals surface area contributed by atoms with E-state index in [2.05, 4.69) is 0 Å². The molecule has 0 aromatic heterocycles. The van der Waals surface area contributed by atoms with Crippen LogP contribution in [0.25, 0.3) is 5.57 Å². The van der Waals surface area contributed by atoms with Crippen molar-refractivity contribution in [3.8, 4) is 0 Å². The normalized spacial score (nSPS) is 17.4. The molecule has 1 heterocycles. The lowest BCUT2D eigenvalue weighted by molar-refractivity contribution is 0.587. The summed E-state index contributed by atoms with van der Waals surface area (Å²) in [5.41, 5.74) is 2.82. The Morgan fingerprint density at radius 1 is 0.762 bits per heavy atom. The molecule has 0 bridgehead atoms. The zero-order valence-corrected chi connectivity index (χ0v) is 12.6. The first-order valence-electron chi connectivity index (χ1n) is 7.25. The second-order valence-corrected chi connectivity index (χ2v) is 7.44. The minimum Gasteiger partial charge on any atom is -0.224 e. The van der Waals surface area contributed by atoms with Crippen molar-refractivity contribution in [1.82, 2.24) is 0 Å². The van der Waals surface area contributed by atoms with Gasteiger partial charge in [0.25, 0.3) is 0 Å². The molecule has 0 atom stereocenters. The molecule has 1 saturated heterocycles. The molecule has 2 aromatic rings. The zero-order chi connectivity index (χ0) is 14.7. The van der Waals surface area contributed by atoms with Crippen molar-refractivity contribution >= 4 is 15.4 Å². The maximum Gasteiger partial charge on any atom is 0.175 e. The minimum atomic E-state index is -3.14. The first-order valence-corrected chi connectivity index (χ1v) is 8.90. The van der Waals surface area contributed by atoms with E-state index < -0.39 is 9.84 Å². The van der Waals surface area contributed by atoms with Crippen molar-refractivity contribution in [2.75, 3.05) is 5.75 Å². The molecule has 108 valence electrons. The highest BCUT2D eigenvalue weighted by molar-refractivity contribution is 7.95. The van der Waals surface area contributed by atoms with E-state index >= 15 is 0 Å². The molecule has 3 heteroatoms. The van der Waals surface area contributed by atoms with Crippen LogP contribution in [0.5, 0.6) is 0 Å². The lowest BCUT2D eigenvalue weighted by Gasteiger charge is -2.20. The van der Waals surface area contributed by atoms with E-state index in [1.54, 1.807) is 0 Å². The Morgan fingerprint density at radius 3 is 1.76 bits per heavy atom. The third-order valence-corrected chi connectivity index (χ3v) is 5.83. The van der Waals surface area contributed by atoms with Gasteiger partial charge in [-0.1, -0.05) is 60.7 Å². The Hall–Kier alpha value is -1.87. The summed E-state index contributed by atoms with van der Waals surface area (Å²) >= 11 is 0. The van der Waals surface area contributed by atoms with Crippen molar-refractivity contribution in [1.29, 1.82) is 0 Å². The molecule has 2 aromatic carbocycles. The lowest BCUT2D eigenvalue weighted by Crippen LogP contribution is -2.16. The van der Waals surface area contributed by atoms with Crippen molar-refractivity contribution in [3.05, 3.63) is 76.7 Å². The lowest BCUT2D eigenvalue weighted by atomic mass is 9.96. The first-order chi connectivity index (χ1) is 10.2. The van der Waals surface area contributed by atoms with E-state index in [1.165, 1.54) is 0 Å². The second-order valence-electron chi connectivity index (χ2n) is 5.31. The van der Waals surface area contributed by atoms with E-state index in [4.69, 9.17) is 0 Å². The van der Waals surface area contributed by atoms with Gasteiger partial charge in [0.05, 0.1) is 10.7 Å². The highest BCUT2D eigenvalue weighted by atomic mass is 32.2. The molecule has 1 aliphatic rings. The third-order valence-electron chi connectivity index (χ3n) is 3.85. The molecule has 1 fully saturated rings. The standard InChI is InChI=1S/C18H18O2S/c19-21(20)14-8-7-13-17(21)18(15-9-3-1-4-10-15)16-11-5-2-6-12-16/h1-6,9-12H,7-8,13-14H2. The van der Waals surface area contributed by atoms with Gasteiger partial charge in [0.1, 0.15) is 0 Å². The monoisotopic (exact) mass is 298 g/mol. The van der Waals surface area contributed by atoms with Crippen molar-refractivity contribution in [3.63, 3.8) is 0 Å². The highest BCUT2D eigenvalue weighted by Gasteiger charge is 2.26. The van der Waals surface area contributed by atoms with E-state index in [-0.39, 0.29) is 5.75 Å². The van der Waals surface area contributed by atoms with Crippen LogP contribution in [0.4, 0.5) is 0 Å². The molecule has 0 radical (unpaired) electrons. The van der Waals surface area contributed by atoms with Crippen LogP contribution in [-0.4, -0.2) is 14.2 Å². The highest BCUT2D eigenvalue weighted by Crippen LogP contribution is 2.35. The van der Waals surface area contributed by atoms with Crippen molar-refractivity contribution in [2.45, 2.75) is 19.3 Å². The summed E-state index contributed by atoms with van der Waals surface area (Å²) in [6.45, 7) is 0. The van der Waals surface area contributed by atoms with E-state index in [9.17, 15) is 8.42 Å². The van der Waals surface area contributed by atoms with Gasteiger partial charge in [-0.25, -0.2) is 8.42 Å². The smallest absolute Gasteiger partial charge is 0.175 e. The topological polar surface area (TPSA) is 34.1 Å². The zero-order valence-electron chi connectivity index (χ0n) is 11.8. The molecular formula is C18H18O2S. The van der Waals surface area contributed by atoms with Gasteiger partial charge in [-0.05, 0) is 30.4 Å². The summed E-state index contributed by atoms with van der Waals surface area (Å²) < 4.78 is 25.0. The SMILES string of the molecule is O=S1(=O)CCCCC1=C(c1ccccc1)c1ccccc1. The van der Waals surface area contributed by atoms with Crippen LogP contribution in [0.3, 0.4) is 0 Å². The number of hydrogen-bond donors (Lipinski definition) is 0. The first kappa shape index (κ1) is 14.1. The van der Waals surface area contributed by atoms with Crippen LogP contribution in [-0.2, 0) is 9.84 Å². The number of benzene rings is 2. The van der Waals surface area contributed by atoms with Gasteiger partial charge in [-0.3, -0.25) is 0 Å². The Morgan fingerprint density at radius 2 is 1.29 bits per heavy atom. The molecule has 0 saturated carbocycles. The Bertz CT molecular complexity index is 703. The maximum absolute atomic E-state index is 12.5. The minimum absolute atomic E-state index is 0.269. The number of hydrogen-bond acceptors (Lipinski definition) is 2. The van der Waals surface area contributed by atoms with Gasteiger partial charge in [0.15, 0.2) is 9.84 Å². The van der Waals surface area contributed by atoms with Gasteiger partial charge < -0.3 is 0 Å². The predicted octanol–water partition coefficient (Wildman–Crippen LogP) is 4.04.